The first-order chi connectivity index (χ1) is 8.93. The molecule has 0 unspecified atom stereocenters. The second-order valence-corrected chi connectivity index (χ2v) is 7.09. The van der Waals surface area contributed by atoms with Crippen molar-refractivity contribution < 1.29 is 8.42 Å². The lowest BCUT2D eigenvalue weighted by Gasteiger charge is -2.18. The summed E-state index contributed by atoms with van der Waals surface area (Å²) in [6, 6.07) is 5.14. The van der Waals surface area contributed by atoms with E-state index in [9.17, 15) is 8.42 Å². The zero-order valence-corrected chi connectivity index (χ0v) is 13.4. The number of benzene rings is 1. The Balaban J connectivity index is 3.01. The van der Waals surface area contributed by atoms with E-state index in [1.165, 1.54) is 4.31 Å². The van der Waals surface area contributed by atoms with Gasteiger partial charge in [0.15, 0.2) is 0 Å². The average Bonchev–Trinajstić information content (AvgIpc) is 2.39. The Bertz CT molecular complexity index is 544. The fourth-order valence-electron chi connectivity index (χ4n) is 1.62. The molecule has 0 radical (unpaired) electrons. The third kappa shape index (κ3) is 4.14. The van der Waals surface area contributed by atoms with Gasteiger partial charge < -0.3 is 5.73 Å². The minimum Gasteiger partial charge on any atom is -0.326 e. The van der Waals surface area contributed by atoms with Crippen molar-refractivity contribution in [3.63, 3.8) is 0 Å². The van der Waals surface area contributed by atoms with Crippen molar-refractivity contribution in [2.75, 3.05) is 13.6 Å². The summed E-state index contributed by atoms with van der Waals surface area (Å²) in [4.78, 5) is 0.261. The highest BCUT2D eigenvalue weighted by atomic mass is 79.9. The van der Waals surface area contributed by atoms with E-state index >= 15 is 0 Å². The van der Waals surface area contributed by atoms with E-state index in [-0.39, 0.29) is 4.90 Å². The van der Waals surface area contributed by atoms with Crippen LogP contribution in [0.1, 0.15) is 18.4 Å². The normalized spacial score (nSPS) is 11.8. The molecule has 0 aromatic heterocycles. The highest BCUT2D eigenvalue weighted by Gasteiger charge is 2.23. The largest absolute Gasteiger partial charge is 0.326 e. The topological polar surface area (TPSA) is 63.4 Å². The molecule has 6 heteroatoms. The Hall–Kier alpha value is -0.690. The Morgan fingerprint density at radius 2 is 2.16 bits per heavy atom. The van der Waals surface area contributed by atoms with Gasteiger partial charge in [0.2, 0.25) is 10.0 Å². The molecule has 0 saturated heterocycles. The van der Waals surface area contributed by atoms with Crippen LogP contribution in [0.15, 0.2) is 40.2 Å². The van der Waals surface area contributed by atoms with Crippen molar-refractivity contribution in [3.8, 4) is 0 Å². The maximum atomic E-state index is 12.4. The molecule has 1 aromatic rings. The lowest BCUT2D eigenvalue weighted by molar-refractivity contribution is 0.462. The van der Waals surface area contributed by atoms with E-state index in [1.807, 2.05) is 0 Å². The molecule has 106 valence electrons. The highest BCUT2D eigenvalue weighted by Crippen LogP contribution is 2.25. The SMILES string of the molecule is C=CCCCN(C)S(=O)(=O)c1cc(CN)ccc1Br. The first-order valence-electron chi connectivity index (χ1n) is 5.99. The summed E-state index contributed by atoms with van der Waals surface area (Å²) >= 11 is 3.28. The van der Waals surface area contributed by atoms with Gasteiger partial charge in [0.05, 0.1) is 4.90 Å². The predicted octanol–water partition coefficient (Wildman–Crippen LogP) is 2.49. The number of unbranched alkanes of at least 4 members (excludes halogenated alkanes) is 1. The van der Waals surface area contributed by atoms with Gasteiger partial charge in [0, 0.05) is 24.6 Å². The van der Waals surface area contributed by atoms with Gasteiger partial charge in [-0.15, -0.1) is 6.58 Å². The minimum absolute atomic E-state index is 0.261. The average molecular weight is 347 g/mol. The smallest absolute Gasteiger partial charge is 0.243 e. The molecule has 0 heterocycles. The standard InChI is InChI=1S/C13H19BrN2O2S/c1-3-4-5-8-16(2)19(17,18)13-9-11(10-15)6-7-12(13)14/h3,6-7,9H,1,4-5,8,10,15H2,2H3. The third-order valence-corrected chi connectivity index (χ3v) is 5.65. The van der Waals surface area contributed by atoms with Crippen LogP contribution < -0.4 is 5.73 Å². The minimum atomic E-state index is -3.49. The number of nitrogens with two attached hydrogens (primary N) is 1. The van der Waals surface area contributed by atoms with Gasteiger partial charge in [-0.2, -0.15) is 0 Å². The summed E-state index contributed by atoms with van der Waals surface area (Å²) in [6.07, 6.45) is 3.34. The fourth-order valence-corrected chi connectivity index (χ4v) is 3.80. The van der Waals surface area contributed by atoms with Gasteiger partial charge in [-0.05, 0) is 46.5 Å². The van der Waals surface area contributed by atoms with Gasteiger partial charge in [-0.25, -0.2) is 12.7 Å². The van der Waals surface area contributed by atoms with Crippen LogP contribution in [0.5, 0.6) is 0 Å². The fraction of sp³-hybridized carbons (Fsp3) is 0.385. The van der Waals surface area contributed by atoms with Crippen LogP contribution in [0.25, 0.3) is 0 Å². The van der Waals surface area contributed by atoms with Crippen molar-refractivity contribution in [2.24, 2.45) is 5.73 Å². The Morgan fingerprint density at radius 1 is 1.47 bits per heavy atom. The molecule has 0 aliphatic heterocycles. The summed E-state index contributed by atoms with van der Waals surface area (Å²) < 4.78 is 26.8. The lowest BCUT2D eigenvalue weighted by atomic mass is 10.2. The van der Waals surface area contributed by atoms with Crippen LogP contribution in [-0.2, 0) is 16.6 Å². The molecule has 0 atom stereocenters. The van der Waals surface area contributed by atoms with Gasteiger partial charge in [-0.1, -0.05) is 12.1 Å². The first kappa shape index (κ1) is 16.4. The predicted molar refractivity (Wildman–Crippen MR) is 81.3 cm³/mol. The molecule has 0 fully saturated rings. The summed E-state index contributed by atoms with van der Waals surface area (Å²) in [5.41, 5.74) is 6.34. The first-order valence-corrected chi connectivity index (χ1v) is 8.22. The molecule has 1 rings (SSSR count). The lowest BCUT2D eigenvalue weighted by Crippen LogP contribution is -2.28. The number of rotatable bonds is 7. The van der Waals surface area contributed by atoms with Crippen LogP contribution in [0.3, 0.4) is 0 Å². The van der Waals surface area contributed by atoms with E-state index in [2.05, 4.69) is 22.5 Å². The Kier molecular flexibility index (Phi) is 6.19. The van der Waals surface area contributed by atoms with Gasteiger partial charge >= 0.3 is 0 Å². The van der Waals surface area contributed by atoms with Crippen molar-refractivity contribution in [2.45, 2.75) is 24.3 Å². The van der Waals surface area contributed by atoms with Gasteiger partial charge in [0.25, 0.3) is 0 Å². The highest BCUT2D eigenvalue weighted by molar-refractivity contribution is 9.10. The number of hydrogen-bond donors (Lipinski definition) is 1. The molecule has 0 saturated carbocycles. The Morgan fingerprint density at radius 3 is 2.74 bits per heavy atom. The molecular formula is C13H19BrN2O2S. The summed E-state index contributed by atoms with van der Waals surface area (Å²) in [5.74, 6) is 0. The number of hydrogen-bond acceptors (Lipinski definition) is 3. The summed E-state index contributed by atoms with van der Waals surface area (Å²) in [6.45, 7) is 4.41. The maximum absolute atomic E-state index is 12.4. The van der Waals surface area contributed by atoms with Gasteiger partial charge in [-0.3, -0.25) is 0 Å². The zero-order valence-electron chi connectivity index (χ0n) is 11.0. The number of nitrogens with zero attached hydrogens (tertiary/aromatic N) is 1. The molecule has 2 N–H and O–H groups in total. The van der Waals surface area contributed by atoms with E-state index in [4.69, 9.17) is 5.73 Å². The number of sulfonamides is 1. The van der Waals surface area contributed by atoms with Crippen molar-refractivity contribution in [3.05, 3.63) is 40.9 Å². The second kappa shape index (κ2) is 7.19. The molecular weight excluding hydrogens is 328 g/mol. The monoisotopic (exact) mass is 346 g/mol. The Labute approximate surface area is 123 Å². The van der Waals surface area contributed by atoms with E-state index in [1.54, 1.807) is 31.3 Å². The molecule has 1 aromatic carbocycles. The molecule has 0 amide bonds. The van der Waals surface area contributed by atoms with Crippen molar-refractivity contribution >= 4 is 26.0 Å². The van der Waals surface area contributed by atoms with E-state index in [0.29, 0.717) is 17.6 Å². The molecule has 19 heavy (non-hydrogen) atoms. The molecule has 0 aliphatic carbocycles. The van der Waals surface area contributed by atoms with Crippen LogP contribution in [0.4, 0.5) is 0 Å². The van der Waals surface area contributed by atoms with Crippen LogP contribution in [-0.4, -0.2) is 26.3 Å². The van der Waals surface area contributed by atoms with E-state index in [0.717, 1.165) is 18.4 Å². The third-order valence-electron chi connectivity index (χ3n) is 2.80. The van der Waals surface area contributed by atoms with Crippen LogP contribution >= 0.6 is 15.9 Å². The maximum Gasteiger partial charge on any atom is 0.243 e. The van der Waals surface area contributed by atoms with Crippen LogP contribution in [0.2, 0.25) is 0 Å². The van der Waals surface area contributed by atoms with Gasteiger partial charge in [0.1, 0.15) is 0 Å². The zero-order chi connectivity index (χ0) is 14.5. The second-order valence-electron chi connectivity index (χ2n) is 4.23. The van der Waals surface area contributed by atoms with Crippen molar-refractivity contribution in [1.29, 1.82) is 0 Å². The molecule has 0 aliphatic rings. The summed E-state index contributed by atoms with van der Waals surface area (Å²) in [7, 11) is -1.90. The number of allylic oxidation sites excluding steroid dienone is 1. The van der Waals surface area contributed by atoms with E-state index < -0.39 is 10.0 Å². The molecule has 4 nitrogen and oxygen atoms in total. The molecule has 0 bridgehead atoms. The number of halogens is 1. The van der Waals surface area contributed by atoms with Crippen LogP contribution in [0, 0.1) is 0 Å². The molecule has 0 spiro atoms. The summed E-state index contributed by atoms with van der Waals surface area (Å²) in [5, 5.41) is 0. The quantitative estimate of drug-likeness (QED) is 0.609. The van der Waals surface area contributed by atoms with Crippen molar-refractivity contribution in [1.82, 2.24) is 4.31 Å².